The van der Waals surface area contributed by atoms with Crippen LogP contribution in [-0.2, 0) is 13.7 Å². The summed E-state index contributed by atoms with van der Waals surface area (Å²) in [6, 6.07) is 0. The fourth-order valence-electron chi connectivity index (χ4n) is 1.97. The van der Waals surface area contributed by atoms with Gasteiger partial charge in [0.2, 0.25) is 0 Å². The van der Waals surface area contributed by atoms with Crippen molar-refractivity contribution < 1.29 is 23.5 Å². The second-order valence-electron chi connectivity index (χ2n) is 4.98. The molecule has 5 nitrogen and oxygen atoms in total. The summed E-state index contributed by atoms with van der Waals surface area (Å²) in [7, 11) is -5.99. The lowest BCUT2D eigenvalue weighted by atomic mass is 10.1. The lowest BCUT2D eigenvalue weighted by Crippen LogP contribution is -1.88. The number of hydrogen-bond acceptors (Lipinski definition) is 3. The molecule has 2 N–H and O–H groups in total. The van der Waals surface area contributed by atoms with E-state index in [0.717, 1.165) is 51.4 Å². The molecule has 0 saturated heterocycles. The Morgan fingerprint density at radius 1 is 0.684 bits per heavy atom. The summed E-state index contributed by atoms with van der Waals surface area (Å²) in [5.41, 5.74) is 0. The van der Waals surface area contributed by atoms with Crippen molar-refractivity contribution in [3.63, 3.8) is 0 Å². The SMILES string of the molecule is O=P(=O)CCCCCCCCCCCCP(=O)(O)O. The first-order valence-corrected chi connectivity index (χ1v) is 10.2. The average molecular weight is 312 g/mol. The van der Waals surface area contributed by atoms with Gasteiger partial charge in [-0.3, -0.25) is 4.57 Å². The van der Waals surface area contributed by atoms with Gasteiger partial charge in [-0.2, -0.15) is 0 Å². The van der Waals surface area contributed by atoms with E-state index in [9.17, 15) is 13.7 Å². The highest BCUT2D eigenvalue weighted by Crippen LogP contribution is 2.35. The highest BCUT2D eigenvalue weighted by molar-refractivity contribution is 7.51. The Balaban J connectivity index is 3.09. The molecule has 0 bridgehead atoms. The van der Waals surface area contributed by atoms with E-state index in [2.05, 4.69) is 0 Å². The summed E-state index contributed by atoms with van der Waals surface area (Å²) in [6.45, 7) is 0. The van der Waals surface area contributed by atoms with Gasteiger partial charge in [-0.15, -0.1) is 0 Å². The van der Waals surface area contributed by atoms with Gasteiger partial charge in [-0.1, -0.05) is 51.4 Å². The molecule has 0 aliphatic rings. The maximum atomic E-state index is 10.6. The van der Waals surface area contributed by atoms with Crippen LogP contribution in [-0.4, -0.2) is 22.1 Å². The topological polar surface area (TPSA) is 91.7 Å². The summed E-state index contributed by atoms with van der Waals surface area (Å²) in [5, 5.41) is 0. The largest absolute Gasteiger partial charge is 0.325 e. The Morgan fingerprint density at radius 3 is 1.42 bits per heavy atom. The molecule has 0 spiro atoms. The van der Waals surface area contributed by atoms with Gasteiger partial charge >= 0.3 is 15.3 Å². The molecule has 19 heavy (non-hydrogen) atoms. The van der Waals surface area contributed by atoms with Crippen LogP contribution in [0.5, 0.6) is 0 Å². The van der Waals surface area contributed by atoms with Crippen molar-refractivity contribution in [3.8, 4) is 0 Å². The van der Waals surface area contributed by atoms with E-state index < -0.39 is 15.3 Å². The van der Waals surface area contributed by atoms with Crippen LogP contribution in [0, 0.1) is 0 Å². The van der Waals surface area contributed by atoms with E-state index in [1.807, 2.05) is 0 Å². The van der Waals surface area contributed by atoms with E-state index in [1.54, 1.807) is 0 Å². The second-order valence-corrected chi connectivity index (χ2v) is 7.87. The van der Waals surface area contributed by atoms with Crippen LogP contribution in [0.2, 0.25) is 0 Å². The van der Waals surface area contributed by atoms with Crippen LogP contribution in [0.25, 0.3) is 0 Å². The first kappa shape index (κ1) is 19.1. The predicted octanol–water partition coefficient (Wildman–Crippen LogP) is 4.24. The van der Waals surface area contributed by atoms with Crippen molar-refractivity contribution in [1.82, 2.24) is 0 Å². The van der Waals surface area contributed by atoms with Crippen molar-refractivity contribution in [1.29, 1.82) is 0 Å². The molecule has 0 aliphatic heterocycles. The van der Waals surface area contributed by atoms with Gasteiger partial charge in [0.15, 0.2) is 0 Å². The van der Waals surface area contributed by atoms with Gasteiger partial charge < -0.3 is 9.79 Å². The molecule has 0 aliphatic carbocycles. The molecule has 0 heterocycles. The maximum absolute atomic E-state index is 10.6. The average Bonchev–Trinajstić information content (AvgIpc) is 2.28. The molecular weight excluding hydrogens is 286 g/mol. The zero-order valence-electron chi connectivity index (χ0n) is 11.5. The first-order valence-electron chi connectivity index (χ1n) is 7.08. The Kier molecular flexibility index (Phi) is 11.9. The van der Waals surface area contributed by atoms with Gasteiger partial charge in [0.1, 0.15) is 0 Å². The van der Waals surface area contributed by atoms with Crippen molar-refractivity contribution >= 4 is 15.3 Å². The fraction of sp³-hybridized carbons (Fsp3) is 1.00. The van der Waals surface area contributed by atoms with Crippen LogP contribution in [0.3, 0.4) is 0 Å². The van der Waals surface area contributed by atoms with E-state index in [4.69, 9.17) is 9.79 Å². The molecule has 0 rings (SSSR count). The van der Waals surface area contributed by atoms with E-state index in [-0.39, 0.29) is 6.16 Å². The highest BCUT2D eigenvalue weighted by atomic mass is 31.2. The molecule has 0 fully saturated rings. The quantitative estimate of drug-likeness (QED) is 0.392. The van der Waals surface area contributed by atoms with Crippen molar-refractivity contribution in [2.24, 2.45) is 0 Å². The van der Waals surface area contributed by atoms with Crippen LogP contribution in [0.4, 0.5) is 0 Å². The summed E-state index contributed by atoms with van der Waals surface area (Å²) in [6.07, 6.45) is 10.3. The zero-order chi connectivity index (χ0) is 14.6. The van der Waals surface area contributed by atoms with Crippen LogP contribution >= 0.6 is 15.3 Å². The minimum atomic E-state index is -3.79. The second kappa shape index (κ2) is 11.8. The summed E-state index contributed by atoms with van der Waals surface area (Å²) in [5.74, 6) is 0. The zero-order valence-corrected chi connectivity index (χ0v) is 13.3. The van der Waals surface area contributed by atoms with E-state index in [1.165, 1.54) is 6.42 Å². The first-order chi connectivity index (χ1) is 8.92. The van der Waals surface area contributed by atoms with Crippen LogP contribution in [0.15, 0.2) is 0 Å². The monoisotopic (exact) mass is 312 g/mol. The summed E-state index contributed by atoms with van der Waals surface area (Å²) in [4.78, 5) is 17.3. The van der Waals surface area contributed by atoms with Gasteiger partial charge in [0.25, 0.3) is 0 Å². The van der Waals surface area contributed by atoms with Crippen molar-refractivity contribution in [2.75, 3.05) is 12.3 Å². The number of unbranched alkanes of at least 4 members (excludes halogenated alkanes) is 9. The third-order valence-corrected chi connectivity index (χ3v) is 4.62. The Bertz CT molecular complexity index is 314. The van der Waals surface area contributed by atoms with Crippen molar-refractivity contribution in [3.05, 3.63) is 0 Å². The molecule has 114 valence electrons. The molecule has 7 heteroatoms. The normalized spacial score (nSPS) is 11.7. The highest BCUT2D eigenvalue weighted by Gasteiger charge is 2.10. The molecule has 0 saturated carbocycles. The van der Waals surface area contributed by atoms with Gasteiger partial charge in [0, 0.05) is 6.16 Å². The smallest absolute Gasteiger partial charge is 0.324 e. The Hall–Kier alpha value is 0.0500. The molecule has 0 radical (unpaired) electrons. The third kappa shape index (κ3) is 18.1. The lowest BCUT2D eigenvalue weighted by Gasteiger charge is -2.04. The number of hydrogen-bond donors (Lipinski definition) is 2. The molecule has 0 atom stereocenters. The number of rotatable bonds is 13. The molecule has 0 aromatic rings. The standard InChI is InChI=1S/C12H26O5P2/c13-18(14)11-9-7-5-3-1-2-4-6-8-10-12-19(15,16)17/h1-12H2,(H2,15,16,17). The minimum absolute atomic E-state index is 0.00890. The summed E-state index contributed by atoms with van der Waals surface area (Å²) < 4.78 is 31.2. The van der Waals surface area contributed by atoms with E-state index in [0.29, 0.717) is 12.6 Å². The van der Waals surface area contributed by atoms with Crippen LogP contribution in [0.1, 0.15) is 64.2 Å². The fourth-order valence-corrected chi connectivity index (χ4v) is 3.09. The van der Waals surface area contributed by atoms with E-state index >= 15 is 0 Å². The summed E-state index contributed by atoms with van der Waals surface area (Å²) >= 11 is 0. The van der Waals surface area contributed by atoms with Gasteiger partial charge in [-0.25, -0.2) is 9.13 Å². The Labute approximate surface area is 116 Å². The van der Waals surface area contributed by atoms with Gasteiger partial charge in [-0.05, 0) is 12.8 Å². The van der Waals surface area contributed by atoms with Crippen LogP contribution < -0.4 is 0 Å². The molecule has 0 amide bonds. The maximum Gasteiger partial charge on any atom is 0.325 e. The molecule has 0 aromatic carbocycles. The Morgan fingerprint density at radius 2 is 1.05 bits per heavy atom. The van der Waals surface area contributed by atoms with Gasteiger partial charge in [0.05, 0.1) is 6.16 Å². The molecular formula is C12H26O5P2. The molecule has 0 aromatic heterocycles. The minimum Gasteiger partial charge on any atom is -0.324 e. The predicted molar refractivity (Wildman–Crippen MR) is 76.2 cm³/mol. The van der Waals surface area contributed by atoms with Crippen molar-refractivity contribution in [2.45, 2.75) is 64.2 Å². The molecule has 0 unspecified atom stereocenters. The lowest BCUT2D eigenvalue weighted by molar-refractivity contribution is 0.370. The third-order valence-electron chi connectivity index (χ3n) is 3.04.